The van der Waals surface area contributed by atoms with Gasteiger partial charge in [0.05, 0.1) is 0 Å². The summed E-state index contributed by atoms with van der Waals surface area (Å²) in [7, 11) is 0. The molecule has 0 amide bonds. The Morgan fingerprint density at radius 2 is 0.833 bits per heavy atom. The van der Waals surface area contributed by atoms with Crippen LogP contribution in [0.25, 0.3) is 0 Å². The van der Waals surface area contributed by atoms with Crippen molar-refractivity contribution in [2.45, 2.75) is 0 Å². The summed E-state index contributed by atoms with van der Waals surface area (Å²) in [6.07, 6.45) is 0. The van der Waals surface area contributed by atoms with E-state index in [1.165, 1.54) is 8.92 Å². The summed E-state index contributed by atoms with van der Waals surface area (Å²) < 4.78 is 2.60. The Morgan fingerprint density at radius 1 is 0.458 bits per heavy atom. The number of hydrogen-bond donors (Lipinski definition) is 0. The molecular formula is C22H14Se2. The predicted octanol–water partition coefficient (Wildman–Crippen LogP) is 2.36. The fraction of sp³-hybridized carbons (Fsp3) is 0. The molecule has 3 aromatic carbocycles. The first-order chi connectivity index (χ1) is 11.9. The van der Waals surface area contributed by atoms with Gasteiger partial charge < -0.3 is 0 Å². The first kappa shape index (κ1) is 16.7. The molecule has 0 N–H and O–H groups in total. The van der Waals surface area contributed by atoms with Crippen molar-refractivity contribution in [1.29, 1.82) is 0 Å². The maximum absolute atomic E-state index is 3.32. The van der Waals surface area contributed by atoms with Crippen molar-refractivity contribution in [3.8, 4) is 21.5 Å². The summed E-state index contributed by atoms with van der Waals surface area (Å²) in [6.45, 7) is 0. The molecule has 0 atom stereocenters. The van der Waals surface area contributed by atoms with Crippen molar-refractivity contribution in [2.75, 3.05) is 0 Å². The van der Waals surface area contributed by atoms with Crippen LogP contribution in [0.5, 0.6) is 0 Å². The maximum atomic E-state index is 3.32. The molecule has 0 aromatic heterocycles. The van der Waals surface area contributed by atoms with E-state index in [1.54, 1.807) is 0 Å². The molecule has 3 aromatic rings. The Balaban J connectivity index is 1.72. The molecule has 3 rings (SSSR count). The van der Waals surface area contributed by atoms with Gasteiger partial charge in [-0.1, -0.05) is 0 Å². The van der Waals surface area contributed by atoms with E-state index in [9.17, 15) is 0 Å². The molecule has 0 bridgehead atoms. The molecule has 0 aliphatic heterocycles. The molecule has 0 heterocycles. The summed E-state index contributed by atoms with van der Waals surface area (Å²) in [5, 5.41) is 0. The minimum atomic E-state index is 0.176. The average molecular weight is 436 g/mol. The molecular weight excluding hydrogens is 422 g/mol. The second-order valence-corrected chi connectivity index (χ2v) is 8.52. The van der Waals surface area contributed by atoms with E-state index in [2.05, 4.69) is 70.0 Å². The van der Waals surface area contributed by atoms with Gasteiger partial charge in [0.1, 0.15) is 0 Å². The van der Waals surface area contributed by atoms with Crippen molar-refractivity contribution >= 4 is 38.8 Å². The molecule has 0 saturated carbocycles. The number of rotatable bonds is 2. The Labute approximate surface area is 156 Å². The minimum absolute atomic E-state index is 0.176. The van der Waals surface area contributed by atoms with E-state index < -0.39 is 0 Å². The third kappa shape index (κ3) is 5.18. The Bertz CT molecular complexity index is 829. The van der Waals surface area contributed by atoms with Crippen LogP contribution < -0.4 is 8.92 Å². The molecule has 0 spiro atoms. The van der Waals surface area contributed by atoms with Crippen LogP contribution >= 0.6 is 0 Å². The summed E-state index contributed by atoms with van der Waals surface area (Å²) in [4.78, 5) is 6.63. The second-order valence-electron chi connectivity index (χ2n) is 4.83. The van der Waals surface area contributed by atoms with E-state index in [0.717, 1.165) is 11.1 Å². The van der Waals surface area contributed by atoms with Crippen LogP contribution in [0.3, 0.4) is 0 Å². The molecule has 0 unspecified atom stereocenters. The van der Waals surface area contributed by atoms with Gasteiger partial charge in [-0.2, -0.15) is 0 Å². The van der Waals surface area contributed by atoms with Crippen LogP contribution in [-0.4, -0.2) is 29.9 Å². The van der Waals surface area contributed by atoms with Gasteiger partial charge in [-0.25, -0.2) is 0 Å². The van der Waals surface area contributed by atoms with E-state index in [1.807, 2.05) is 36.4 Å². The number of benzene rings is 3. The fourth-order valence-corrected chi connectivity index (χ4v) is 4.36. The second kappa shape index (κ2) is 9.20. The topological polar surface area (TPSA) is 0 Å². The first-order valence-corrected chi connectivity index (χ1v) is 10.9. The summed E-state index contributed by atoms with van der Waals surface area (Å²) in [5.74, 6) is 6.59. The Morgan fingerprint density at radius 3 is 1.25 bits per heavy atom. The Hall–Kier alpha value is -2.18. The zero-order valence-corrected chi connectivity index (χ0v) is 16.3. The summed E-state index contributed by atoms with van der Waals surface area (Å²) >= 11 is 0.353. The molecule has 114 valence electrons. The quantitative estimate of drug-likeness (QED) is 0.428. The molecule has 0 saturated heterocycles. The summed E-state index contributed by atoms with van der Waals surface area (Å²) in [6, 6.07) is 29.0. The zero-order valence-electron chi connectivity index (χ0n) is 12.9. The third-order valence-corrected chi connectivity index (χ3v) is 6.11. The van der Waals surface area contributed by atoms with Gasteiger partial charge in [0.15, 0.2) is 0 Å². The third-order valence-electron chi connectivity index (χ3n) is 3.12. The van der Waals surface area contributed by atoms with Crippen molar-refractivity contribution in [2.24, 2.45) is 0 Å². The van der Waals surface area contributed by atoms with E-state index in [4.69, 9.17) is 0 Å². The van der Waals surface area contributed by atoms with Crippen LogP contribution in [0.15, 0.2) is 84.9 Å². The van der Waals surface area contributed by atoms with Crippen molar-refractivity contribution in [3.63, 3.8) is 0 Å². The van der Waals surface area contributed by atoms with Gasteiger partial charge in [-0.05, 0) is 0 Å². The molecule has 0 aliphatic rings. The van der Waals surface area contributed by atoms with E-state index in [-0.39, 0.29) is 29.9 Å². The molecule has 0 nitrogen and oxygen atoms in total. The zero-order chi connectivity index (χ0) is 16.5. The van der Waals surface area contributed by atoms with Crippen LogP contribution in [0.2, 0.25) is 0 Å². The molecule has 0 aliphatic carbocycles. The van der Waals surface area contributed by atoms with Gasteiger partial charge in [0, 0.05) is 0 Å². The summed E-state index contributed by atoms with van der Waals surface area (Å²) in [5.41, 5.74) is 2.04. The first-order valence-electron chi connectivity index (χ1n) is 7.47. The average Bonchev–Trinajstić information content (AvgIpc) is 2.65. The predicted molar refractivity (Wildman–Crippen MR) is 104 cm³/mol. The standard InChI is InChI=1S/C22H14Se2/c1-3-11-21(12-4-1)23-17-15-19-9-7-8-10-20(19)16-18-24-22-13-5-2-6-14-22/h1-14H. The van der Waals surface area contributed by atoms with Crippen LogP contribution in [0.4, 0.5) is 0 Å². The van der Waals surface area contributed by atoms with Crippen molar-refractivity contribution < 1.29 is 0 Å². The van der Waals surface area contributed by atoms with Crippen LogP contribution in [-0.2, 0) is 0 Å². The van der Waals surface area contributed by atoms with Crippen molar-refractivity contribution in [3.05, 3.63) is 96.1 Å². The van der Waals surface area contributed by atoms with E-state index in [0.29, 0.717) is 0 Å². The van der Waals surface area contributed by atoms with Gasteiger partial charge in [-0.15, -0.1) is 0 Å². The van der Waals surface area contributed by atoms with Gasteiger partial charge in [-0.3, -0.25) is 0 Å². The fourth-order valence-electron chi connectivity index (χ4n) is 1.96. The Kier molecular flexibility index (Phi) is 6.39. The normalized spacial score (nSPS) is 9.33. The number of hydrogen-bond acceptors (Lipinski definition) is 0. The SMILES string of the molecule is C(#Cc1ccccc1C#C[Se]c1ccccc1)[Se]c1ccccc1. The van der Waals surface area contributed by atoms with Crippen LogP contribution in [0.1, 0.15) is 11.1 Å². The molecule has 0 fully saturated rings. The van der Waals surface area contributed by atoms with Gasteiger partial charge in [0.2, 0.25) is 0 Å². The monoisotopic (exact) mass is 438 g/mol. The van der Waals surface area contributed by atoms with Crippen molar-refractivity contribution in [1.82, 2.24) is 0 Å². The van der Waals surface area contributed by atoms with Gasteiger partial charge >= 0.3 is 156 Å². The molecule has 2 heteroatoms. The molecule has 0 radical (unpaired) electrons. The van der Waals surface area contributed by atoms with E-state index >= 15 is 0 Å². The molecule has 24 heavy (non-hydrogen) atoms. The van der Waals surface area contributed by atoms with Crippen LogP contribution in [0, 0.1) is 21.5 Å². The van der Waals surface area contributed by atoms with Gasteiger partial charge in [0.25, 0.3) is 0 Å².